The predicted molar refractivity (Wildman–Crippen MR) is 180 cm³/mol. The number of hydrogen-bond donors (Lipinski definition) is 4. The third-order valence-corrected chi connectivity index (χ3v) is 10.3. The van der Waals surface area contributed by atoms with Crippen LogP contribution in [0.15, 0.2) is 54.7 Å². The van der Waals surface area contributed by atoms with Crippen LogP contribution in [0.3, 0.4) is 0 Å². The number of piperidine rings is 2. The van der Waals surface area contributed by atoms with E-state index >= 15 is 0 Å². The number of aromatic nitrogens is 2. The summed E-state index contributed by atoms with van der Waals surface area (Å²) in [6.07, 6.45) is 8.27. The van der Waals surface area contributed by atoms with Gasteiger partial charge < -0.3 is 31.3 Å². The molecule has 46 heavy (non-hydrogen) atoms. The number of carbonyl (C=O) groups excluding carboxylic acids is 2. The molecule has 1 saturated carbocycles. The molecule has 1 aliphatic carbocycles. The molecule has 3 aliphatic rings. The molecule has 10 heteroatoms. The maximum atomic E-state index is 13.1. The lowest BCUT2D eigenvalue weighted by atomic mass is 9.74. The summed E-state index contributed by atoms with van der Waals surface area (Å²) in [7, 11) is 0. The second-order valence-corrected chi connectivity index (χ2v) is 14.1. The number of nitrogens with two attached hydrogens (primary N) is 1. The average Bonchev–Trinajstić information content (AvgIpc) is 3.88. The molecule has 0 bridgehead atoms. The molecule has 0 unspecified atom stereocenters. The van der Waals surface area contributed by atoms with Gasteiger partial charge in [-0.15, -0.1) is 0 Å². The molecule has 2 aliphatic heterocycles. The SMILES string of the molecule is C[C@@H]1[C@H](NC(=O)c2ccc(C(C)(C)O)cc2)CCCN1c1cnc(C(N)=O)c(Nc2ccc(C3(C)CCN(C4CC4)CC3)cc2)n1. The number of aliphatic hydroxyl groups is 1. The van der Waals surface area contributed by atoms with Crippen molar-refractivity contribution < 1.29 is 14.7 Å². The van der Waals surface area contributed by atoms with Crippen molar-refractivity contribution in [3.63, 3.8) is 0 Å². The van der Waals surface area contributed by atoms with Gasteiger partial charge in [-0.3, -0.25) is 9.59 Å². The van der Waals surface area contributed by atoms with E-state index in [0.717, 1.165) is 62.6 Å². The van der Waals surface area contributed by atoms with Gasteiger partial charge >= 0.3 is 0 Å². The molecule has 3 aromatic rings. The van der Waals surface area contributed by atoms with Crippen LogP contribution in [-0.4, -0.2) is 69.5 Å². The Kier molecular flexibility index (Phi) is 8.78. The lowest BCUT2D eigenvalue weighted by Gasteiger charge is -2.40. The molecule has 5 N–H and O–H groups in total. The number of amides is 2. The van der Waals surface area contributed by atoms with Crippen molar-refractivity contribution in [2.24, 2.45) is 5.73 Å². The predicted octanol–water partition coefficient (Wildman–Crippen LogP) is 4.85. The monoisotopic (exact) mass is 625 g/mol. The fraction of sp³-hybridized carbons (Fsp3) is 0.500. The van der Waals surface area contributed by atoms with Crippen molar-refractivity contribution in [3.05, 3.63) is 77.1 Å². The van der Waals surface area contributed by atoms with Gasteiger partial charge in [0.25, 0.3) is 11.8 Å². The second-order valence-electron chi connectivity index (χ2n) is 14.1. The van der Waals surface area contributed by atoms with Crippen molar-refractivity contribution in [2.45, 2.75) is 95.4 Å². The minimum absolute atomic E-state index is 0.0683. The Balaban J connectivity index is 1.14. The summed E-state index contributed by atoms with van der Waals surface area (Å²) in [5.41, 5.74) is 8.39. The van der Waals surface area contributed by atoms with Crippen molar-refractivity contribution in [2.75, 3.05) is 29.9 Å². The van der Waals surface area contributed by atoms with E-state index in [1.54, 1.807) is 44.3 Å². The van der Waals surface area contributed by atoms with Crippen LogP contribution in [0, 0.1) is 0 Å². The number of primary amides is 1. The molecule has 244 valence electrons. The Morgan fingerprint density at radius 1 is 1.00 bits per heavy atom. The van der Waals surface area contributed by atoms with E-state index in [2.05, 4.69) is 51.4 Å². The number of hydrogen-bond acceptors (Lipinski definition) is 8. The fourth-order valence-corrected chi connectivity index (χ4v) is 6.93. The molecule has 2 aromatic carbocycles. The zero-order chi connectivity index (χ0) is 32.6. The van der Waals surface area contributed by atoms with Gasteiger partial charge in [0.15, 0.2) is 11.5 Å². The van der Waals surface area contributed by atoms with Gasteiger partial charge in [-0.1, -0.05) is 31.2 Å². The standard InChI is InChI=1S/C36H47N7O3/c1-23-29(40-34(45)24-7-9-25(10-8-24)35(2,3)46)6-5-19-43(23)30-22-38-31(32(37)44)33(41-30)39-27-13-11-26(12-14-27)36(4)17-20-42(21-18-36)28-15-16-28/h7-14,22-23,28-29,46H,5-6,15-21H2,1-4H3,(H2,37,44)(H,39,41)(H,40,45)/t23-,29-/m1/s1. The third kappa shape index (κ3) is 6.88. The molecule has 0 radical (unpaired) electrons. The smallest absolute Gasteiger partial charge is 0.271 e. The average molecular weight is 626 g/mol. The van der Waals surface area contributed by atoms with E-state index in [0.29, 0.717) is 17.2 Å². The van der Waals surface area contributed by atoms with Crippen molar-refractivity contribution in [1.29, 1.82) is 0 Å². The van der Waals surface area contributed by atoms with Crippen molar-refractivity contribution in [3.8, 4) is 0 Å². The Morgan fingerprint density at radius 2 is 1.67 bits per heavy atom. The number of rotatable bonds is 9. The molecule has 3 fully saturated rings. The van der Waals surface area contributed by atoms with Crippen LogP contribution in [0.25, 0.3) is 0 Å². The van der Waals surface area contributed by atoms with E-state index in [-0.39, 0.29) is 29.1 Å². The summed E-state index contributed by atoms with van der Waals surface area (Å²) in [6, 6.07) is 16.1. The van der Waals surface area contributed by atoms with Crippen LogP contribution < -0.4 is 21.3 Å². The Bertz CT molecular complexity index is 1560. The highest BCUT2D eigenvalue weighted by atomic mass is 16.3. The highest BCUT2D eigenvalue weighted by molar-refractivity contribution is 5.96. The molecule has 1 aromatic heterocycles. The number of benzene rings is 2. The molecule has 10 nitrogen and oxygen atoms in total. The van der Waals surface area contributed by atoms with E-state index in [4.69, 9.17) is 10.7 Å². The maximum absolute atomic E-state index is 13.1. The van der Waals surface area contributed by atoms with Gasteiger partial charge in [-0.2, -0.15) is 0 Å². The number of nitrogens with one attached hydrogen (secondary N) is 2. The minimum atomic E-state index is -0.971. The van der Waals surface area contributed by atoms with Crippen LogP contribution in [0.5, 0.6) is 0 Å². The maximum Gasteiger partial charge on any atom is 0.271 e. The molecule has 2 saturated heterocycles. The second kappa shape index (κ2) is 12.6. The van der Waals surface area contributed by atoms with E-state index < -0.39 is 11.5 Å². The molecule has 6 rings (SSSR count). The molecule has 2 amide bonds. The summed E-state index contributed by atoms with van der Waals surface area (Å²) >= 11 is 0. The van der Waals surface area contributed by atoms with E-state index in [1.165, 1.54) is 18.4 Å². The summed E-state index contributed by atoms with van der Waals surface area (Å²) < 4.78 is 0. The van der Waals surface area contributed by atoms with Gasteiger partial charge in [-0.25, -0.2) is 9.97 Å². The summed E-state index contributed by atoms with van der Waals surface area (Å²) in [5, 5.41) is 16.7. The van der Waals surface area contributed by atoms with E-state index in [9.17, 15) is 14.7 Å². The van der Waals surface area contributed by atoms with Gasteiger partial charge in [-0.05, 0) is 113 Å². The first-order chi connectivity index (χ1) is 21.9. The number of likely N-dealkylation sites (tertiary alicyclic amines) is 1. The highest BCUT2D eigenvalue weighted by Crippen LogP contribution is 2.39. The quantitative estimate of drug-likeness (QED) is 0.265. The van der Waals surface area contributed by atoms with Gasteiger partial charge in [0.1, 0.15) is 5.82 Å². The van der Waals surface area contributed by atoms with Gasteiger partial charge in [0.05, 0.1) is 11.8 Å². The highest BCUT2D eigenvalue weighted by Gasteiger charge is 2.37. The first-order valence-corrected chi connectivity index (χ1v) is 16.6. The van der Waals surface area contributed by atoms with Gasteiger partial charge in [0, 0.05) is 35.9 Å². The topological polar surface area (TPSA) is 137 Å². The molecule has 2 atom stereocenters. The van der Waals surface area contributed by atoms with Crippen molar-refractivity contribution >= 4 is 29.1 Å². The summed E-state index contributed by atoms with van der Waals surface area (Å²) in [5.74, 6) is 0.108. The summed E-state index contributed by atoms with van der Waals surface area (Å²) in [6.45, 7) is 10.9. The first-order valence-electron chi connectivity index (χ1n) is 16.6. The largest absolute Gasteiger partial charge is 0.386 e. The lowest BCUT2D eigenvalue weighted by Crippen LogP contribution is -2.54. The minimum Gasteiger partial charge on any atom is -0.386 e. The van der Waals surface area contributed by atoms with Crippen LogP contribution in [0.4, 0.5) is 17.3 Å². The zero-order valence-electron chi connectivity index (χ0n) is 27.4. The third-order valence-electron chi connectivity index (χ3n) is 10.3. The Labute approximate surface area is 271 Å². The van der Waals surface area contributed by atoms with Crippen LogP contribution in [0.2, 0.25) is 0 Å². The number of anilines is 3. The number of carbonyl (C=O) groups is 2. The van der Waals surface area contributed by atoms with Crippen molar-refractivity contribution in [1.82, 2.24) is 20.2 Å². The molecule has 0 spiro atoms. The molecule has 3 heterocycles. The van der Waals surface area contributed by atoms with Crippen LogP contribution >= 0.6 is 0 Å². The molecular weight excluding hydrogens is 578 g/mol. The Hall–Kier alpha value is -4.02. The van der Waals surface area contributed by atoms with Gasteiger partial charge in [0.2, 0.25) is 0 Å². The van der Waals surface area contributed by atoms with E-state index in [1.807, 2.05) is 12.1 Å². The molecular formula is C36H47N7O3. The number of nitrogens with zero attached hydrogens (tertiary/aromatic N) is 4. The Morgan fingerprint density at radius 3 is 2.28 bits per heavy atom. The normalized spacial score (nSPS) is 21.9. The zero-order valence-corrected chi connectivity index (χ0v) is 27.4. The fourth-order valence-electron chi connectivity index (χ4n) is 6.93. The summed E-state index contributed by atoms with van der Waals surface area (Å²) in [4.78, 5) is 39.5. The lowest BCUT2D eigenvalue weighted by molar-refractivity contribution is 0.0783. The van der Waals surface area contributed by atoms with Crippen LogP contribution in [0.1, 0.15) is 98.2 Å². The van der Waals surface area contributed by atoms with Crippen LogP contribution in [-0.2, 0) is 11.0 Å². The first kappa shape index (κ1) is 31.9.